The van der Waals surface area contributed by atoms with Gasteiger partial charge in [0.1, 0.15) is 0 Å². The molecule has 2 aromatic rings. The van der Waals surface area contributed by atoms with E-state index in [0.717, 1.165) is 42.5 Å². The van der Waals surface area contributed by atoms with Gasteiger partial charge in [0.15, 0.2) is 11.0 Å². The average Bonchev–Trinajstić information content (AvgIpc) is 3.11. The van der Waals surface area contributed by atoms with Crippen LogP contribution in [0.5, 0.6) is 0 Å². The van der Waals surface area contributed by atoms with E-state index in [9.17, 15) is 4.79 Å². The molecular weight excluding hydrogens is 384 g/mol. The summed E-state index contributed by atoms with van der Waals surface area (Å²) in [5, 5.41) is 12.8. The Kier molecular flexibility index (Phi) is 8.06. The highest BCUT2D eigenvalue weighted by Crippen LogP contribution is 2.25. The van der Waals surface area contributed by atoms with Crippen molar-refractivity contribution in [2.45, 2.75) is 56.8 Å². The first kappa shape index (κ1) is 21.8. The molecule has 0 aliphatic heterocycles. The van der Waals surface area contributed by atoms with Gasteiger partial charge in [0, 0.05) is 37.0 Å². The monoisotopic (exact) mass is 417 g/mol. The normalized spacial score (nSPS) is 19.4. The van der Waals surface area contributed by atoms with E-state index in [4.69, 9.17) is 0 Å². The number of nitrogens with one attached hydrogen (secondary N) is 2. The van der Waals surface area contributed by atoms with Crippen molar-refractivity contribution < 1.29 is 9.69 Å². The number of hydrogen-bond donors (Lipinski definition) is 2. The van der Waals surface area contributed by atoms with Gasteiger partial charge in [-0.05, 0) is 30.9 Å². The molecule has 1 saturated carbocycles. The van der Waals surface area contributed by atoms with Crippen molar-refractivity contribution in [3.05, 3.63) is 24.5 Å². The Morgan fingerprint density at radius 1 is 1.24 bits per heavy atom. The second-order valence-electron chi connectivity index (χ2n) is 8.23. The molecule has 0 bridgehead atoms. The highest BCUT2D eigenvalue weighted by atomic mass is 32.2. The molecule has 29 heavy (non-hydrogen) atoms. The van der Waals surface area contributed by atoms with Crippen molar-refractivity contribution in [1.29, 1.82) is 0 Å². The molecule has 2 N–H and O–H groups in total. The van der Waals surface area contributed by atoms with E-state index in [1.807, 2.05) is 12.1 Å². The van der Waals surface area contributed by atoms with Crippen LogP contribution >= 0.6 is 11.8 Å². The predicted octanol–water partition coefficient (Wildman–Crippen LogP) is 1.66. The molecule has 0 radical (unpaired) electrons. The van der Waals surface area contributed by atoms with Crippen LogP contribution < -0.4 is 10.2 Å². The van der Waals surface area contributed by atoms with Gasteiger partial charge < -0.3 is 14.8 Å². The van der Waals surface area contributed by atoms with E-state index in [2.05, 4.69) is 46.1 Å². The molecule has 0 unspecified atom stereocenters. The minimum absolute atomic E-state index is 0.0893. The summed E-state index contributed by atoms with van der Waals surface area (Å²) in [7, 11) is 4.31. The standard InChI is InChI=1S/C21H32N6OS/c1-16-7-4-5-8-18(16)23-19(28)15-29-21-25-24-20(17-9-11-22-12-10-17)27(21)14-6-13-26(2)3/h9-12,16,18H,4-8,13-15H2,1-3H3,(H,23,28)/p+1/t16-,18+/m0/s1. The molecule has 7 nitrogen and oxygen atoms in total. The van der Waals surface area contributed by atoms with E-state index in [1.54, 1.807) is 12.4 Å². The van der Waals surface area contributed by atoms with Crippen LogP contribution in [-0.4, -0.2) is 58.1 Å². The summed E-state index contributed by atoms with van der Waals surface area (Å²) in [6.07, 6.45) is 9.34. The number of carbonyl (C=O) groups is 1. The SMILES string of the molecule is C[C@H]1CCCC[C@H]1NC(=O)CSc1nnc(-c2ccncc2)n1CCC[NH+](C)C. The van der Waals surface area contributed by atoms with Crippen molar-refractivity contribution in [3.63, 3.8) is 0 Å². The fraction of sp³-hybridized carbons (Fsp3) is 0.619. The maximum Gasteiger partial charge on any atom is 0.230 e. The Balaban J connectivity index is 1.65. The number of hydrogen-bond acceptors (Lipinski definition) is 5. The molecule has 2 aromatic heterocycles. The lowest BCUT2D eigenvalue weighted by Crippen LogP contribution is -3.05. The lowest BCUT2D eigenvalue weighted by molar-refractivity contribution is -0.858. The third kappa shape index (κ3) is 6.27. The molecule has 0 aromatic carbocycles. The second-order valence-corrected chi connectivity index (χ2v) is 9.17. The molecule has 8 heteroatoms. The summed E-state index contributed by atoms with van der Waals surface area (Å²) >= 11 is 1.47. The average molecular weight is 418 g/mol. The summed E-state index contributed by atoms with van der Waals surface area (Å²) in [4.78, 5) is 18.0. The van der Waals surface area contributed by atoms with E-state index in [-0.39, 0.29) is 5.91 Å². The third-order valence-electron chi connectivity index (χ3n) is 5.50. The zero-order valence-corrected chi connectivity index (χ0v) is 18.5. The summed E-state index contributed by atoms with van der Waals surface area (Å²) in [6.45, 7) is 4.14. The second kappa shape index (κ2) is 10.7. The van der Waals surface area contributed by atoms with E-state index in [1.165, 1.54) is 35.9 Å². The van der Waals surface area contributed by atoms with Gasteiger partial charge in [0.2, 0.25) is 5.91 Å². The Morgan fingerprint density at radius 2 is 2.00 bits per heavy atom. The third-order valence-corrected chi connectivity index (χ3v) is 6.47. The van der Waals surface area contributed by atoms with Gasteiger partial charge in [0.25, 0.3) is 0 Å². The Hall–Kier alpha value is -1.93. The Bertz CT molecular complexity index is 779. The summed E-state index contributed by atoms with van der Waals surface area (Å²) in [5.74, 6) is 1.86. The fourth-order valence-electron chi connectivity index (χ4n) is 3.81. The summed E-state index contributed by atoms with van der Waals surface area (Å²) in [5.41, 5.74) is 0.997. The van der Waals surface area contributed by atoms with Gasteiger partial charge >= 0.3 is 0 Å². The van der Waals surface area contributed by atoms with E-state index < -0.39 is 0 Å². The quantitative estimate of drug-likeness (QED) is 0.607. The molecule has 0 spiro atoms. The van der Waals surface area contributed by atoms with Crippen molar-refractivity contribution in [2.24, 2.45) is 5.92 Å². The predicted molar refractivity (Wildman–Crippen MR) is 116 cm³/mol. The zero-order chi connectivity index (χ0) is 20.6. The molecule has 2 heterocycles. The van der Waals surface area contributed by atoms with Crippen molar-refractivity contribution in [3.8, 4) is 11.4 Å². The first-order valence-corrected chi connectivity index (χ1v) is 11.6. The van der Waals surface area contributed by atoms with Gasteiger partial charge in [-0.2, -0.15) is 0 Å². The number of rotatable bonds is 9. The lowest BCUT2D eigenvalue weighted by Gasteiger charge is -2.29. The number of nitrogens with zero attached hydrogens (tertiary/aromatic N) is 4. The molecule has 3 rings (SSSR count). The van der Waals surface area contributed by atoms with Crippen LogP contribution in [0.2, 0.25) is 0 Å². The van der Waals surface area contributed by atoms with Crippen LogP contribution in [0, 0.1) is 5.92 Å². The number of carbonyl (C=O) groups excluding carboxylic acids is 1. The molecule has 158 valence electrons. The van der Waals surface area contributed by atoms with Crippen molar-refractivity contribution in [2.75, 3.05) is 26.4 Å². The van der Waals surface area contributed by atoms with Crippen LogP contribution in [0.1, 0.15) is 39.0 Å². The Labute approximate surface area is 177 Å². The van der Waals surface area contributed by atoms with Gasteiger partial charge in [-0.3, -0.25) is 9.78 Å². The van der Waals surface area contributed by atoms with Gasteiger partial charge in [-0.15, -0.1) is 10.2 Å². The Morgan fingerprint density at radius 3 is 2.72 bits per heavy atom. The minimum atomic E-state index is 0.0893. The summed E-state index contributed by atoms with van der Waals surface area (Å²) in [6, 6.07) is 4.21. The van der Waals surface area contributed by atoms with Crippen LogP contribution in [-0.2, 0) is 11.3 Å². The number of amides is 1. The number of pyridine rings is 1. The van der Waals surface area contributed by atoms with Crippen molar-refractivity contribution in [1.82, 2.24) is 25.1 Å². The topological polar surface area (TPSA) is 77.1 Å². The largest absolute Gasteiger partial charge is 0.352 e. The number of thioether (sulfide) groups is 1. The zero-order valence-electron chi connectivity index (χ0n) is 17.7. The highest BCUT2D eigenvalue weighted by Gasteiger charge is 2.23. The highest BCUT2D eigenvalue weighted by molar-refractivity contribution is 7.99. The molecule has 1 fully saturated rings. The van der Waals surface area contributed by atoms with Gasteiger partial charge in [-0.1, -0.05) is 31.5 Å². The molecular formula is C21H33N6OS+. The maximum atomic E-state index is 12.5. The van der Waals surface area contributed by atoms with Gasteiger partial charge in [-0.25, -0.2) is 0 Å². The van der Waals surface area contributed by atoms with E-state index in [0.29, 0.717) is 17.7 Å². The van der Waals surface area contributed by atoms with Crippen molar-refractivity contribution >= 4 is 17.7 Å². The maximum absolute atomic E-state index is 12.5. The molecule has 1 aliphatic rings. The molecule has 2 atom stereocenters. The van der Waals surface area contributed by atoms with Crippen LogP contribution in [0.25, 0.3) is 11.4 Å². The molecule has 1 amide bonds. The molecule has 1 aliphatic carbocycles. The van der Waals surface area contributed by atoms with Crippen LogP contribution in [0.3, 0.4) is 0 Å². The minimum Gasteiger partial charge on any atom is -0.352 e. The van der Waals surface area contributed by atoms with Crippen LogP contribution in [0.4, 0.5) is 0 Å². The lowest BCUT2D eigenvalue weighted by atomic mass is 9.86. The first-order valence-electron chi connectivity index (χ1n) is 10.6. The number of aromatic nitrogens is 4. The van der Waals surface area contributed by atoms with Crippen LogP contribution in [0.15, 0.2) is 29.7 Å². The fourth-order valence-corrected chi connectivity index (χ4v) is 4.59. The van der Waals surface area contributed by atoms with E-state index >= 15 is 0 Å². The summed E-state index contributed by atoms with van der Waals surface area (Å²) < 4.78 is 2.14. The first-order chi connectivity index (χ1) is 14.0. The van der Waals surface area contributed by atoms with Gasteiger partial charge in [0.05, 0.1) is 26.4 Å². The smallest absolute Gasteiger partial charge is 0.230 e. The number of quaternary nitrogens is 1. The molecule has 0 saturated heterocycles.